The summed E-state index contributed by atoms with van der Waals surface area (Å²) in [6, 6.07) is 61.6. The molecule has 0 amide bonds. The Balaban J connectivity index is 0.000000273. The van der Waals surface area contributed by atoms with E-state index in [4.69, 9.17) is 69.2 Å². The van der Waals surface area contributed by atoms with Crippen molar-refractivity contribution in [2.24, 2.45) is 17.4 Å². The monoisotopic (exact) mass is 1130 g/mol. The van der Waals surface area contributed by atoms with Gasteiger partial charge in [0.1, 0.15) is 11.5 Å². The Morgan fingerprint density at radius 1 is 0.458 bits per heavy atom. The predicted molar refractivity (Wildman–Crippen MR) is 297 cm³/mol. The Labute approximate surface area is 442 Å². The average molecular weight is 1130 g/mol. The van der Waals surface area contributed by atoms with E-state index in [2.05, 4.69) is 111 Å². The van der Waals surface area contributed by atoms with Crippen LogP contribution in [0.3, 0.4) is 0 Å². The molecule has 15 heteroatoms. The number of methoxy groups -OCH3 is 6. The Bertz CT molecular complexity index is 2630. The summed E-state index contributed by atoms with van der Waals surface area (Å²) in [5, 5.41) is 6.73. The quantitative estimate of drug-likeness (QED) is 0.0671. The zero-order valence-electron chi connectivity index (χ0n) is 41.5. The fourth-order valence-electron chi connectivity index (χ4n) is 8.27. The molecule has 8 rings (SSSR count). The second kappa shape index (κ2) is 27.5. The molecule has 6 aromatic carbocycles. The number of nitrogens with two attached hydrogens (primary N) is 2. The van der Waals surface area contributed by atoms with Crippen LogP contribution in [0.25, 0.3) is 11.1 Å². The van der Waals surface area contributed by atoms with Gasteiger partial charge in [-0.25, -0.2) is 0 Å². The van der Waals surface area contributed by atoms with E-state index >= 15 is 0 Å². The van der Waals surface area contributed by atoms with Crippen molar-refractivity contribution in [3.05, 3.63) is 193 Å². The van der Waals surface area contributed by atoms with Gasteiger partial charge in [-0.3, -0.25) is 0 Å². The number of aromatic nitrogens is 2. The molecule has 0 aliphatic heterocycles. The predicted octanol–water partition coefficient (Wildman–Crippen LogP) is 9.96. The molecule has 0 bridgehead atoms. The summed E-state index contributed by atoms with van der Waals surface area (Å²) in [5.41, 5.74) is 16.1. The van der Waals surface area contributed by atoms with Crippen LogP contribution in [0.4, 0.5) is 0 Å². The molecule has 2 heterocycles. The molecule has 0 aliphatic rings. The van der Waals surface area contributed by atoms with E-state index in [1.165, 1.54) is 21.2 Å². The minimum absolute atomic E-state index is 0.226. The van der Waals surface area contributed by atoms with Crippen molar-refractivity contribution in [3.8, 4) is 46.1 Å². The molecule has 8 aromatic rings. The molecule has 0 fully saturated rings. The van der Waals surface area contributed by atoms with E-state index in [1.807, 2.05) is 84.9 Å². The van der Waals surface area contributed by atoms with Crippen LogP contribution in [0, 0.1) is 5.92 Å². The van der Waals surface area contributed by atoms with Crippen LogP contribution in [-0.4, -0.2) is 58.7 Å². The first kappa shape index (κ1) is 55.7. The molecular formula is C57H60Cl2N4O6P2Ru. The third kappa shape index (κ3) is 13.1. The second-order valence-electron chi connectivity index (χ2n) is 16.3. The third-order valence-electron chi connectivity index (χ3n) is 11.9. The van der Waals surface area contributed by atoms with Crippen molar-refractivity contribution in [2.45, 2.75) is 25.4 Å². The molecule has 0 aliphatic carbocycles. The van der Waals surface area contributed by atoms with Crippen molar-refractivity contribution >= 4 is 67.1 Å². The Morgan fingerprint density at radius 3 is 0.986 bits per heavy atom. The fraction of sp³-hybridized carbons (Fsp3) is 0.193. The zero-order valence-corrected chi connectivity index (χ0v) is 46.5. The van der Waals surface area contributed by atoms with E-state index in [-0.39, 0.29) is 27.1 Å². The number of halogens is 2. The number of pyridine rings is 2. The van der Waals surface area contributed by atoms with E-state index in [9.17, 15) is 0 Å². The van der Waals surface area contributed by atoms with Crippen LogP contribution in [0.5, 0.6) is 35.0 Å². The first-order valence-corrected chi connectivity index (χ1v) is 29.9. The molecule has 376 valence electrons. The maximum absolute atomic E-state index is 6.86. The minimum atomic E-state index is -1.11. The van der Waals surface area contributed by atoms with Gasteiger partial charge in [-0.2, -0.15) is 9.97 Å². The van der Waals surface area contributed by atoms with Crippen LogP contribution < -0.4 is 71.7 Å². The SMILES string of the molecule is COc1cc(P(c2ccccc2)c2ccccc2)c(-c2c(P(c3ccccc3)c3ccccc3)cc(OC)nc2OC)c(OC)n1.COc1ccc(C(N)(c2ccc(OC)cc2)C(N)C(C)C)cc1.[Cl][Ru][Cl]. The zero-order chi connectivity index (χ0) is 51.6. The van der Waals surface area contributed by atoms with Crippen molar-refractivity contribution in [1.82, 2.24) is 9.97 Å². The molecule has 10 nitrogen and oxygen atoms in total. The van der Waals surface area contributed by atoms with Gasteiger partial charge < -0.3 is 39.9 Å². The van der Waals surface area contributed by atoms with Crippen LogP contribution in [0.15, 0.2) is 182 Å². The number of nitrogens with zero attached hydrogens (tertiary/aromatic N) is 2. The second-order valence-corrected chi connectivity index (χ2v) is 23.3. The van der Waals surface area contributed by atoms with Crippen molar-refractivity contribution < 1.29 is 43.6 Å². The van der Waals surface area contributed by atoms with Crippen molar-refractivity contribution in [1.29, 1.82) is 0 Å². The molecule has 0 radical (unpaired) electrons. The standard InChI is InChI=1S/C38H34N2O4P2.C19H26N2O2.2ClH.Ru/c1-41-33-25-31(45(27-17-9-5-10-18-27)28-19-11-6-12-20-28)35(37(39-33)43-3)36-32(26-34(42-2)40-38(36)44-4)46(29-21-13-7-14-22-29)30-23-15-8-16-24-30;1-13(2)18(20)19(21,14-5-9-16(22-3)10-6-14)15-7-11-17(23-4)12-8-15;;;/h5-26H,1-4H3;5-13,18H,20-21H2,1-4H3;2*1H;/q;;;;+2/p-2. The average Bonchev–Trinajstić information content (AvgIpc) is 3.44. The molecule has 72 heavy (non-hydrogen) atoms. The summed E-state index contributed by atoms with van der Waals surface area (Å²) in [5.74, 6) is 3.60. The molecule has 2 aromatic heterocycles. The number of benzene rings is 6. The van der Waals surface area contributed by atoms with Crippen LogP contribution in [0.2, 0.25) is 0 Å². The van der Waals surface area contributed by atoms with Crippen LogP contribution in [0.1, 0.15) is 25.0 Å². The molecule has 0 spiro atoms. The molecular weight excluding hydrogens is 1070 g/mol. The maximum atomic E-state index is 6.86. The molecule has 0 saturated carbocycles. The third-order valence-corrected chi connectivity index (χ3v) is 16.8. The topological polar surface area (TPSA) is 133 Å². The molecule has 0 saturated heterocycles. The number of ether oxygens (including phenoxy) is 6. The van der Waals surface area contributed by atoms with Gasteiger partial charge >= 0.3 is 34.5 Å². The van der Waals surface area contributed by atoms with Gasteiger partial charge in [0.25, 0.3) is 0 Å². The van der Waals surface area contributed by atoms with Gasteiger partial charge in [0.15, 0.2) is 0 Å². The summed E-state index contributed by atoms with van der Waals surface area (Å²) in [6.45, 7) is 4.17. The van der Waals surface area contributed by atoms with E-state index in [0.29, 0.717) is 23.5 Å². The number of rotatable bonds is 17. The Morgan fingerprint density at radius 2 is 0.750 bits per heavy atom. The van der Waals surface area contributed by atoms with Gasteiger partial charge in [-0.15, -0.1) is 0 Å². The normalized spacial score (nSPS) is 11.5. The summed E-state index contributed by atoms with van der Waals surface area (Å²) >= 11 is -0.346. The number of hydrogen-bond acceptors (Lipinski definition) is 10. The molecule has 1 atom stereocenters. The van der Waals surface area contributed by atoms with Gasteiger partial charge in [0.05, 0.1) is 59.3 Å². The summed E-state index contributed by atoms with van der Waals surface area (Å²) in [7, 11) is 17.3. The van der Waals surface area contributed by atoms with Gasteiger partial charge in [0.2, 0.25) is 23.5 Å². The van der Waals surface area contributed by atoms with Crippen molar-refractivity contribution in [2.75, 3.05) is 42.7 Å². The Kier molecular flexibility index (Phi) is 21.2. The van der Waals surface area contributed by atoms with Gasteiger partial charge in [0, 0.05) is 28.8 Å². The van der Waals surface area contributed by atoms with Gasteiger partial charge in [-0.05, 0) is 78.4 Å². The van der Waals surface area contributed by atoms with Gasteiger partial charge in [-0.1, -0.05) is 159 Å². The van der Waals surface area contributed by atoms with Crippen LogP contribution >= 0.6 is 35.2 Å². The summed E-state index contributed by atoms with van der Waals surface area (Å²) in [4.78, 5) is 9.68. The first-order chi connectivity index (χ1) is 35.0. The fourth-order valence-corrected chi connectivity index (χ4v) is 13.2. The summed E-state index contributed by atoms with van der Waals surface area (Å²) in [6.07, 6.45) is 0. The number of hydrogen-bond donors (Lipinski definition) is 2. The first-order valence-electron chi connectivity index (χ1n) is 22.8. The Hall–Kier alpha value is -5.60. The van der Waals surface area contributed by atoms with E-state index < -0.39 is 21.4 Å². The van der Waals surface area contributed by atoms with E-state index in [0.717, 1.165) is 44.4 Å². The van der Waals surface area contributed by atoms with E-state index in [1.54, 1.807) is 42.7 Å². The summed E-state index contributed by atoms with van der Waals surface area (Å²) < 4.78 is 34.3. The van der Waals surface area contributed by atoms with Crippen molar-refractivity contribution in [3.63, 3.8) is 0 Å². The van der Waals surface area contributed by atoms with Crippen LogP contribution in [-0.2, 0) is 20.7 Å². The molecule has 4 N–H and O–H groups in total. The molecule has 1 unspecified atom stereocenters.